The van der Waals surface area contributed by atoms with Crippen molar-refractivity contribution in [2.24, 2.45) is 0 Å². The maximum atomic E-state index is 14.5. The molecule has 1 aliphatic rings. The van der Waals surface area contributed by atoms with Gasteiger partial charge in [0.2, 0.25) is 5.91 Å². The van der Waals surface area contributed by atoms with E-state index < -0.39 is 11.7 Å². The Balaban J connectivity index is 1.31. The molecular weight excluding hydrogens is 467 g/mol. The Bertz CT molecular complexity index is 1420. The maximum absolute atomic E-state index is 14.5. The highest BCUT2D eigenvalue weighted by Gasteiger charge is 2.24. The predicted octanol–water partition coefficient (Wildman–Crippen LogP) is 4.04. The lowest BCUT2D eigenvalue weighted by Crippen LogP contribution is -2.30. The first-order chi connectivity index (χ1) is 17.0. The first-order valence-electron chi connectivity index (χ1n) is 11.0. The molecule has 0 aliphatic carbocycles. The number of hydrogen-bond donors (Lipinski definition) is 1. The average molecular weight is 489 g/mol. The van der Waals surface area contributed by atoms with E-state index >= 15 is 0 Å². The minimum Gasteiger partial charge on any atom is -0.319 e. The summed E-state index contributed by atoms with van der Waals surface area (Å²) in [6, 6.07) is 19.1. The highest BCUT2D eigenvalue weighted by Crippen LogP contribution is 2.30. The van der Waals surface area contributed by atoms with Gasteiger partial charge in [0.05, 0.1) is 22.7 Å². The molecule has 0 radical (unpaired) electrons. The smallest absolute Gasteiger partial charge is 0.256 e. The summed E-state index contributed by atoms with van der Waals surface area (Å²) in [4.78, 5) is 28.4. The van der Waals surface area contributed by atoms with Crippen LogP contribution in [0.5, 0.6) is 0 Å². The van der Waals surface area contributed by atoms with Crippen LogP contribution >= 0.6 is 11.8 Å². The fourth-order valence-corrected chi connectivity index (χ4v) is 4.92. The number of anilines is 2. The zero-order valence-electron chi connectivity index (χ0n) is 18.8. The molecule has 1 aromatic heterocycles. The Morgan fingerprint density at radius 3 is 2.71 bits per heavy atom. The predicted molar refractivity (Wildman–Crippen MR) is 131 cm³/mol. The summed E-state index contributed by atoms with van der Waals surface area (Å²) in [6.45, 7) is 2.37. The standard InChI is InChI=1S/C25H21FN6O2S/c1-16-28-29-30-32(16)18-10-11-20(26)21(14-18)27-25(34)19-7-3-5-9-23(19)35-15-24(33)31-13-12-17-6-2-4-8-22(17)31/h2-11,14H,12-13,15H2,1H3,(H,27,34). The molecule has 0 fully saturated rings. The van der Waals surface area contributed by atoms with Crippen molar-refractivity contribution in [3.05, 3.63) is 89.5 Å². The summed E-state index contributed by atoms with van der Waals surface area (Å²) in [7, 11) is 0. The molecule has 0 atom stereocenters. The Morgan fingerprint density at radius 2 is 1.89 bits per heavy atom. The second-order valence-electron chi connectivity index (χ2n) is 7.97. The summed E-state index contributed by atoms with van der Waals surface area (Å²) >= 11 is 1.29. The normalized spacial score (nSPS) is 12.5. The number of amides is 2. The highest BCUT2D eigenvalue weighted by atomic mass is 32.2. The fourth-order valence-electron chi connectivity index (χ4n) is 4.00. The van der Waals surface area contributed by atoms with Gasteiger partial charge in [-0.15, -0.1) is 16.9 Å². The molecule has 0 unspecified atom stereocenters. The first kappa shape index (κ1) is 22.7. The minimum atomic E-state index is -0.583. The van der Waals surface area contributed by atoms with Crippen LogP contribution in [0.3, 0.4) is 0 Å². The lowest BCUT2D eigenvalue weighted by Gasteiger charge is -2.17. The number of nitrogens with zero attached hydrogens (tertiary/aromatic N) is 5. The van der Waals surface area contributed by atoms with Gasteiger partial charge in [-0.1, -0.05) is 30.3 Å². The third kappa shape index (κ3) is 4.65. The SMILES string of the molecule is Cc1nnnn1-c1ccc(F)c(NC(=O)c2ccccc2SCC(=O)N2CCc3ccccc32)c1. The van der Waals surface area contributed by atoms with Gasteiger partial charge in [-0.05, 0) is 65.7 Å². The third-order valence-electron chi connectivity index (χ3n) is 5.74. The van der Waals surface area contributed by atoms with Crippen molar-refractivity contribution in [1.29, 1.82) is 0 Å². The molecular formula is C25H21FN6O2S. The van der Waals surface area contributed by atoms with Crippen molar-refractivity contribution in [2.45, 2.75) is 18.2 Å². The largest absolute Gasteiger partial charge is 0.319 e. The van der Waals surface area contributed by atoms with Crippen molar-refractivity contribution >= 4 is 35.0 Å². The van der Waals surface area contributed by atoms with E-state index in [-0.39, 0.29) is 17.3 Å². The van der Waals surface area contributed by atoms with Crippen LogP contribution in [-0.4, -0.2) is 44.3 Å². The lowest BCUT2D eigenvalue weighted by atomic mass is 10.2. The molecule has 0 saturated heterocycles. The molecule has 35 heavy (non-hydrogen) atoms. The molecule has 5 rings (SSSR count). The summed E-state index contributed by atoms with van der Waals surface area (Å²) in [5.41, 5.74) is 2.98. The number of para-hydroxylation sites is 1. The quantitative estimate of drug-likeness (QED) is 0.412. The van der Waals surface area contributed by atoms with Crippen LogP contribution < -0.4 is 10.2 Å². The number of benzene rings is 3. The van der Waals surface area contributed by atoms with Gasteiger partial charge < -0.3 is 10.2 Å². The Hall–Kier alpha value is -4.05. The van der Waals surface area contributed by atoms with E-state index in [0.29, 0.717) is 28.5 Å². The molecule has 2 heterocycles. The van der Waals surface area contributed by atoms with Crippen molar-refractivity contribution < 1.29 is 14.0 Å². The first-order valence-corrected chi connectivity index (χ1v) is 12.0. The molecule has 4 aromatic rings. The Labute approximate surface area is 205 Å². The monoisotopic (exact) mass is 488 g/mol. The van der Waals surface area contributed by atoms with Crippen LogP contribution in [0.15, 0.2) is 71.6 Å². The van der Waals surface area contributed by atoms with Crippen LogP contribution in [-0.2, 0) is 11.2 Å². The highest BCUT2D eigenvalue weighted by molar-refractivity contribution is 8.00. The summed E-state index contributed by atoms with van der Waals surface area (Å²) < 4.78 is 16.0. The fraction of sp³-hybridized carbons (Fsp3) is 0.160. The molecule has 1 aliphatic heterocycles. The number of carbonyl (C=O) groups excluding carboxylic acids is 2. The van der Waals surface area contributed by atoms with Gasteiger partial charge in [0.15, 0.2) is 5.82 Å². The number of tetrazole rings is 1. The second kappa shape index (κ2) is 9.67. The van der Waals surface area contributed by atoms with Crippen LogP contribution in [0.25, 0.3) is 5.69 Å². The number of aryl methyl sites for hydroxylation is 1. The van der Waals surface area contributed by atoms with E-state index in [2.05, 4.69) is 20.8 Å². The molecule has 0 saturated carbocycles. The summed E-state index contributed by atoms with van der Waals surface area (Å²) in [5.74, 6) is -0.370. The Morgan fingerprint density at radius 1 is 1.09 bits per heavy atom. The van der Waals surface area contributed by atoms with Gasteiger partial charge in [-0.25, -0.2) is 4.39 Å². The molecule has 8 nitrogen and oxygen atoms in total. The van der Waals surface area contributed by atoms with Gasteiger partial charge in [0, 0.05) is 17.1 Å². The van der Waals surface area contributed by atoms with Crippen LogP contribution in [0.1, 0.15) is 21.7 Å². The van der Waals surface area contributed by atoms with E-state index in [9.17, 15) is 14.0 Å². The van der Waals surface area contributed by atoms with Crippen molar-refractivity contribution in [3.8, 4) is 5.69 Å². The molecule has 3 aromatic carbocycles. The van der Waals surface area contributed by atoms with Gasteiger partial charge in [0.1, 0.15) is 5.82 Å². The van der Waals surface area contributed by atoms with Crippen LogP contribution in [0.2, 0.25) is 0 Å². The summed E-state index contributed by atoms with van der Waals surface area (Å²) in [6.07, 6.45) is 0.834. The molecule has 0 spiro atoms. The Kier molecular flexibility index (Phi) is 6.28. The topological polar surface area (TPSA) is 93.0 Å². The van der Waals surface area contributed by atoms with E-state index in [4.69, 9.17) is 0 Å². The zero-order chi connectivity index (χ0) is 24.4. The number of fused-ring (bicyclic) bond motifs is 1. The minimum absolute atomic E-state index is 0.00644. The van der Waals surface area contributed by atoms with Gasteiger partial charge in [-0.2, -0.15) is 4.68 Å². The summed E-state index contributed by atoms with van der Waals surface area (Å²) in [5, 5.41) is 13.9. The van der Waals surface area contributed by atoms with Gasteiger partial charge in [-0.3, -0.25) is 9.59 Å². The molecule has 2 amide bonds. The second-order valence-corrected chi connectivity index (χ2v) is 8.98. The molecule has 0 bridgehead atoms. The van der Waals surface area contributed by atoms with Gasteiger partial charge >= 0.3 is 0 Å². The number of hydrogen-bond acceptors (Lipinski definition) is 6. The van der Waals surface area contributed by atoms with Crippen LogP contribution in [0.4, 0.5) is 15.8 Å². The van der Waals surface area contributed by atoms with Crippen molar-refractivity contribution in [2.75, 3.05) is 22.5 Å². The molecule has 1 N–H and O–H groups in total. The van der Waals surface area contributed by atoms with E-state index in [0.717, 1.165) is 17.7 Å². The van der Waals surface area contributed by atoms with Crippen molar-refractivity contribution in [3.63, 3.8) is 0 Å². The van der Waals surface area contributed by atoms with E-state index in [1.165, 1.54) is 34.6 Å². The number of carbonyl (C=O) groups is 2. The molecule has 10 heteroatoms. The number of rotatable bonds is 6. The number of aromatic nitrogens is 4. The number of thioether (sulfide) groups is 1. The van der Waals surface area contributed by atoms with Gasteiger partial charge in [0.25, 0.3) is 5.91 Å². The third-order valence-corrected chi connectivity index (χ3v) is 6.80. The average Bonchev–Trinajstić information content (AvgIpc) is 3.50. The maximum Gasteiger partial charge on any atom is 0.256 e. The van der Waals surface area contributed by atoms with Crippen LogP contribution in [0, 0.1) is 12.7 Å². The zero-order valence-corrected chi connectivity index (χ0v) is 19.6. The molecule has 176 valence electrons. The number of halogens is 1. The van der Waals surface area contributed by atoms with Crippen molar-refractivity contribution in [1.82, 2.24) is 20.2 Å². The lowest BCUT2D eigenvalue weighted by molar-refractivity contribution is -0.116. The van der Waals surface area contributed by atoms with E-state index in [1.807, 2.05) is 24.3 Å². The number of nitrogens with one attached hydrogen (secondary N) is 1. The van der Waals surface area contributed by atoms with E-state index in [1.54, 1.807) is 36.1 Å².